The summed E-state index contributed by atoms with van der Waals surface area (Å²) in [6, 6.07) is 12.0. The molecule has 156 valence electrons. The molecule has 6 heteroatoms. The Morgan fingerprint density at radius 3 is 2.70 bits per heavy atom. The van der Waals surface area contributed by atoms with Crippen molar-refractivity contribution in [1.82, 2.24) is 4.98 Å². The van der Waals surface area contributed by atoms with Crippen LogP contribution in [0.3, 0.4) is 0 Å². The summed E-state index contributed by atoms with van der Waals surface area (Å²) in [7, 11) is 1.58. The van der Waals surface area contributed by atoms with Gasteiger partial charge in [-0.05, 0) is 79.5 Å². The van der Waals surface area contributed by atoms with E-state index in [1.54, 1.807) is 43.6 Å². The minimum absolute atomic E-state index is 0.0215. The van der Waals surface area contributed by atoms with Crippen LogP contribution in [0, 0.1) is 11.7 Å². The summed E-state index contributed by atoms with van der Waals surface area (Å²) in [6.45, 7) is 0. The van der Waals surface area contributed by atoms with E-state index in [1.807, 2.05) is 6.07 Å². The fourth-order valence-electron chi connectivity index (χ4n) is 4.42. The molecule has 0 bridgehead atoms. The number of nitrogens with one attached hydrogen (secondary N) is 1. The van der Waals surface area contributed by atoms with Crippen molar-refractivity contribution in [3.05, 3.63) is 60.0 Å². The second-order valence-electron chi connectivity index (χ2n) is 7.98. The van der Waals surface area contributed by atoms with E-state index in [2.05, 4.69) is 10.3 Å². The van der Waals surface area contributed by atoms with Gasteiger partial charge in [0.05, 0.1) is 24.0 Å². The molecule has 1 saturated carbocycles. The van der Waals surface area contributed by atoms with E-state index in [-0.39, 0.29) is 11.7 Å². The highest BCUT2D eigenvalue weighted by molar-refractivity contribution is 5.94. The Hall–Kier alpha value is -3.15. The fraction of sp³-hybridized carbons (Fsp3) is 0.333. The molecule has 0 radical (unpaired) electrons. The summed E-state index contributed by atoms with van der Waals surface area (Å²) in [6.07, 6.45) is 6.18. The molecule has 1 heterocycles. The Bertz CT molecular complexity index is 1060. The number of nitrogens with two attached hydrogens (primary N) is 1. The van der Waals surface area contributed by atoms with E-state index < -0.39 is 0 Å². The molecule has 0 aliphatic heterocycles. The minimum atomic E-state index is -0.236. The van der Waals surface area contributed by atoms with E-state index >= 15 is 0 Å². The van der Waals surface area contributed by atoms with Gasteiger partial charge in [0.1, 0.15) is 11.6 Å². The van der Waals surface area contributed by atoms with Gasteiger partial charge in [-0.15, -0.1) is 0 Å². The van der Waals surface area contributed by atoms with Crippen molar-refractivity contribution in [1.29, 1.82) is 0 Å². The number of hydrogen-bond donors (Lipinski definition) is 2. The van der Waals surface area contributed by atoms with Crippen LogP contribution < -0.4 is 15.8 Å². The van der Waals surface area contributed by atoms with Gasteiger partial charge in [-0.25, -0.2) is 4.39 Å². The Morgan fingerprint density at radius 2 is 1.97 bits per heavy atom. The number of nitrogens with zero attached hydrogens (tertiary/aromatic N) is 1. The highest BCUT2D eigenvalue weighted by atomic mass is 19.1. The van der Waals surface area contributed by atoms with E-state index in [9.17, 15) is 9.18 Å². The van der Waals surface area contributed by atoms with Crippen LogP contribution in [0.2, 0.25) is 0 Å². The first kappa shape index (κ1) is 20.1. The van der Waals surface area contributed by atoms with Crippen LogP contribution in [0.5, 0.6) is 5.75 Å². The van der Waals surface area contributed by atoms with Gasteiger partial charge in [-0.3, -0.25) is 9.78 Å². The van der Waals surface area contributed by atoms with Crippen LogP contribution in [-0.2, 0) is 4.79 Å². The zero-order valence-corrected chi connectivity index (χ0v) is 17.0. The molecule has 30 heavy (non-hydrogen) atoms. The summed E-state index contributed by atoms with van der Waals surface area (Å²) in [5.41, 5.74) is 9.08. The van der Waals surface area contributed by atoms with E-state index in [4.69, 9.17) is 10.5 Å². The Kier molecular flexibility index (Phi) is 5.84. The predicted octanol–water partition coefficient (Wildman–Crippen LogP) is 5.27. The second-order valence-corrected chi connectivity index (χ2v) is 7.98. The molecule has 1 amide bonds. The number of halogens is 1. The number of anilines is 2. The highest BCUT2D eigenvalue weighted by Crippen LogP contribution is 2.39. The Morgan fingerprint density at radius 1 is 1.17 bits per heavy atom. The molecule has 3 aromatic rings. The number of pyridine rings is 1. The van der Waals surface area contributed by atoms with Gasteiger partial charge in [0.15, 0.2) is 0 Å². The molecule has 1 aliphatic carbocycles. The lowest BCUT2D eigenvalue weighted by atomic mass is 9.77. The van der Waals surface area contributed by atoms with Gasteiger partial charge >= 0.3 is 0 Å². The molecule has 0 spiro atoms. The lowest BCUT2D eigenvalue weighted by molar-refractivity contribution is -0.117. The third-order valence-corrected chi connectivity index (χ3v) is 6.03. The number of carbonyl (C=O) groups is 1. The van der Waals surface area contributed by atoms with Crippen LogP contribution in [0.4, 0.5) is 15.8 Å². The molecule has 1 fully saturated rings. The zero-order valence-electron chi connectivity index (χ0n) is 17.0. The molecule has 4 rings (SSSR count). The molecule has 3 N–H and O–H groups in total. The number of ether oxygens (including phenoxy) is 1. The standard InChI is InChI=1S/C24H26FN3O2/c1-30-18-7-9-23(21(26)14-18)28-24(29)12-15-2-4-16(5-3-15)19-10-11-27-22-8-6-17(25)13-20(19)22/h6-11,13-16H,2-5,12,26H2,1H3,(H,28,29). The first-order chi connectivity index (χ1) is 14.5. The quantitative estimate of drug-likeness (QED) is 0.565. The first-order valence-electron chi connectivity index (χ1n) is 10.3. The van der Waals surface area contributed by atoms with Crippen LogP contribution in [-0.4, -0.2) is 18.0 Å². The van der Waals surface area contributed by atoms with Crippen molar-refractivity contribution in [3.63, 3.8) is 0 Å². The van der Waals surface area contributed by atoms with E-state index in [0.29, 0.717) is 35.4 Å². The monoisotopic (exact) mass is 407 g/mol. The maximum atomic E-state index is 13.8. The van der Waals surface area contributed by atoms with E-state index in [0.717, 1.165) is 42.1 Å². The van der Waals surface area contributed by atoms with Crippen molar-refractivity contribution in [3.8, 4) is 5.75 Å². The van der Waals surface area contributed by atoms with Crippen molar-refractivity contribution >= 4 is 28.2 Å². The van der Waals surface area contributed by atoms with Crippen LogP contribution >= 0.6 is 0 Å². The van der Waals surface area contributed by atoms with Crippen molar-refractivity contribution in [2.45, 2.75) is 38.0 Å². The van der Waals surface area contributed by atoms with Crippen molar-refractivity contribution in [2.75, 3.05) is 18.2 Å². The number of nitrogen functional groups attached to an aromatic ring is 1. The molecule has 5 nitrogen and oxygen atoms in total. The van der Waals surface area contributed by atoms with E-state index in [1.165, 1.54) is 6.07 Å². The normalized spacial score (nSPS) is 18.9. The number of aromatic nitrogens is 1. The topological polar surface area (TPSA) is 77.2 Å². The molecule has 1 aromatic heterocycles. The number of hydrogen-bond acceptors (Lipinski definition) is 4. The predicted molar refractivity (Wildman–Crippen MR) is 117 cm³/mol. The fourth-order valence-corrected chi connectivity index (χ4v) is 4.42. The van der Waals surface area contributed by atoms with Gasteiger partial charge in [0.25, 0.3) is 0 Å². The summed E-state index contributed by atoms with van der Waals surface area (Å²) in [5.74, 6) is 1.11. The highest BCUT2D eigenvalue weighted by Gasteiger charge is 2.25. The SMILES string of the molecule is COc1ccc(NC(=O)CC2CCC(c3ccnc4ccc(F)cc34)CC2)c(N)c1. The van der Waals surface area contributed by atoms with Crippen LogP contribution in [0.25, 0.3) is 10.9 Å². The lowest BCUT2D eigenvalue weighted by Crippen LogP contribution is -2.21. The third-order valence-electron chi connectivity index (χ3n) is 6.03. The molecule has 0 atom stereocenters. The smallest absolute Gasteiger partial charge is 0.224 e. The Labute approximate surface area is 175 Å². The second kappa shape index (κ2) is 8.69. The number of rotatable bonds is 5. The van der Waals surface area contributed by atoms with Gasteiger partial charge in [-0.2, -0.15) is 0 Å². The lowest BCUT2D eigenvalue weighted by Gasteiger charge is -2.29. The largest absolute Gasteiger partial charge is 0.497 e. The van der Waals surface area contributed by atoms with Gasteiger partial charge in [-0.1, -0.05) is 0 Å². The average Bonchev–Trinajstić information content (AvgIpc) is 2.75. The maximum absolute atomic E-state index is 13.8. The summed E-state index contributed by atoms with van der Waals surface area (Å²) in [4.78, 5) is 16.9. The van der Waals surface area contributed by atoms with Gasteiger partial charge < -0.3 is 15.8 Å². The summed E-state index contributed by atoms with van der Waals surface area (Å²) < 4.78 is 18.9. The molecule has 0 saturated heterocycles. The van der Waals surface area contributed by atoms with Gasteiger partial charge in [0, 0.05) is 24.1 Å². The Balaban J connectivity index is 1.36. The average molecular weight is 407 g/mol. The molecular weight excluding hydrogens is 381 g/mol. The molecule has 1 aliphatic rings. The number of amides is 1. The number of methoxy groups -OCH3 is 1. The number of carbonyl (C=O) groups excluding carboxylic acids is 1. The van der Waals surface area contributed by atoms with Crippen molar-refractivity contribution in [2.24, 2.45) is 5.92 Å². The number of benzene rings is 2. The number of fused-ring (bicyclic) bond motifs is 1. The maximum Gasteiger partial charge on any atom is 0.224 e. The summed E-state index contributed by atoms with van der Waals surface area (Å²) >= 11 is 0. The minimum Gasteiger partial charge on any atom is -0.497 e. The van der Waals surface area contributed by atoms with Crippen LogP contribution in [0.1, 0.15) is 43.6 Å². The van der Waals surface area contributed by atoms with Crippen molar-refractivity contribution < 1.29 is 13.9 Å². The zero-order chi connectivity index (χ0) is 21.1. The molecule has 2 aromatic carbocycles. The molecule has 0 unspecified atom stereocenters. The molecular formula is C24H26FN3O2. The first-order valence-corrected chi connectivity index (χ1v) is 10.3. The third kappa shape index (κ3) is 4.37. The van der Waals surface area contributed by atoms with Gasteiger partial charge in [0.2, 0.25) is 5.91 Å². The summed E-state index contributed by atoms with van der Waals surface area (Å²) in [5, 5.41) is 3.81. The van der Waals surface area contributed by atoms with Crippen LogP contribution in [0.15, 0.2) is 48.7 Å².